The first-order valence-electron chi connectivity index (χ1n) is 9.20. The number of hydrogen-bond donors (Lipinski definition) is 2. The molecule has 0 aliphatic carbocycles. The highest BCUT2D eigenvalue weighted by molar-refractivity contribution is 7.91. The Morgan fingerprint density at radius 2 is 1.90 bits per heavy atom. The molecule has 2 aromatic carbocycles. The topological polar surface area (TPSA) is 101 Å². The van der Waals surface area contributed by atoms with Crippen molar-refractivity contribution in [3.63, 3.8) is 0 Å². The normalized spacial score (nSPS) is 12.5. The highest BCUT2D eigenvalue weighted by Gasteiger charge is 2.26. The number of halogens is 1. The first kappa shape index (κ1) is 22.4. The lowest BCUT2D eigenvalue weighted by Gasteiger charge is -2.19. The van der Waals surface area contributed by atoms with Gasteiger partial charge in [0.05, 0.1) is 10.6 Å². The molecule has 0 aliphatic rings. The first-order valence-corrected chi connectivity index (χ1v) is 11.9. The summed E-state index contributed by atoms with van der Waals surface area (Å²) in [6.45, 7) is 5.84. The van der Waals surface area contributed by atoms with E-state index in [9.17, 15) is 13.2 Å². The second kappa shape index (κ2) is 9.22. The minimum absolute atomic E-state index is 0.0693. The van der Waals surface area contributed by atoms with Gasteiger partial charge in [-0.05, 0) is 43.5 Å². The van der Waals surface area contributed by atoms with E-state index in [1.807, 2.05) is 39.0 Å². The summed E-state index contributed by atoms with van der Waals surface area (Å²) in [5.41, 5.74) is 3.28. The van der Waals surface area contributed by atoms with Crippen LogP contribution in [0.25, 0.3) is 0 Å². The van der Waals surface area contributed by atoms with Crippen LogP contribution >= 0.6 is 22.9 Å². The van der Waals surface area contributed by atoms with Crippen LogP contribution in [0.1, 0.15) is 46.4 Å². The molecule has 0 spiro atoms. The molecule has 0 fully saturated rings. The number of anilines is 1. The van der Waals surface area contributed by atoms with Crippen molar-refractivity contribution in [1.82, 2.24) is 14.9 Å². The largest absolute Gasteiger partial charge is 0.296 e. The van der Waals surface area contributed by atoms with Crippen molar-refractivity contribution in [3.05, 3.63) is 69.7 Å². The van der Waals surface area contributed by atoms with E-state index in [0.29, 0.717) is 6.42 Å². The van der Waals surface area contributed by atoms with Gasteiger partial charge < -0.3 is 0 Å². The molecule has 10 heteroatoms. The Morgan fingerprint density at radius 3 is 2.57 bits per heavy atom. The van der Waals surface area contributed by atoms with Gasteiger partial charge in [0.15, 0.2) is 0 Å². The molecule has 0 saturated carbocycles. The van der Waals surface area contributed by atoms with Crippen LogP contribution in [-0.4, -0.2) is 24.5 Å². The van der Waals surface area contributed by atoms with Crippen molar-refractivity contribution in [2.75, 3.05) is 5.32 Å². The first-order chi connectivity index (χ1) is 14.2. The summed E-state index contributed by atoms with van der Waals surface area (Å²) in [5.74, 6) is -0.490. The summed E-state index contributed by atoms with van der Waals surface area (Å²) in [4.78, 5) is 12.3. The Morgan fingerprint density at radius 1 is 1.17 bits per heavy atom. The molecule has 7 nitrogen and oxygen atoms in total. The number of aryl methyl sites for hydroxylation is 2. The van der Waals surface area contributed by atoms with Gasteiger partial charge in [0.2, 0.25) is 9.47 Å². The third-order valence-corrected chi connectivity index (χ3v) is 7.49. The summed E-state index contributed by atoms with van der Waals surface area (Å²) in [6, 6.07) is 12.0. The standard InChI is InChI=1S/C20H21ClN4O3S2/c1-4-17(14-10-9-12(2)11-13(14)3)25-30(27,28)20-24-23-19(29-20)22-18(26)15-7-5-6-8-16(15)21/h5-11,17,25H,4H2,1-3H3,(H,22,23,26)/t17-/m1/s1. The Balaban J connectivity index is 1.78. The average Bonchev–Trinajstić information content (AvgIpc) is 3.16. The Hall–Kier alpha value is -2.33. The zero-order valence-electron chi connectivity index (χ0n) is 16.6. The van der Waals surface area contributed by atoms with E-state index < -0.39 is 22.0 Å². The summed E-state index contributed by atoms with van der Waals surface area (Å²) < 4.78 is 28.1. The van der Waals surface area contributed by atoms with E-state index in [0.717, 1.165) is 28.0 Å². The Kier molecular flexibility index (Phi) is 6.87. The fourth-order valence-corrected chi connectivity index (χ4v) is 5.43. The van der Waals surface area contributed by atoms with Gasteiger partial charge in [-0.3, -0.25) is 10.1 Å². The highest BCUT2D eigenvalue weighted by Crippen LogP contribution is 2.27. The van der Waals surface area contributed by atoms with Gasteiger partial charge in [-0.15, -0.1) is 10.2 Å². The molecule has 0 bridgehead atoms. The van der Waals surface area contributed by atoms with Gasteiger partial charge in [-0.1, -0.05) is 65.8 Å². The Labute approximate surface area is 184 Å². The van der Waals surface area contributed by atoms with Crippen LogP contribution < -0.4 is 10.0 Å². The number of benzene rings is 2. The average molecular weight is 465 g/mol. The smallest absolute Gasteiger partial charge is 0.270 e. The summed E-state index contributed by atoms with van der Waals surface area (Å²) >= 11 is 6.79. The van der Waals surface area contributed by atoms with Gasteiger partial charge in [0.25, 0.3) is 15.9 Å². The third kappa shape index (κ3) is 5.04. The fourth-order valence-electron chi connectivity index (χ4n) is 3.00. The number of sulfonamides is 1. The molecule has 158 valence electrons. The van der Waals surface area contributed by atoms with Crippen molar-refractivity contribution in [2.45, 2.75) is 37.6 Å². The SMILES string of the molecule is CC[C@@H](NS(=O)(=O)c1nnc(NC(=O)c2ccccc2Cl)s1)c1ccc(C)cc1C. The number of aromatic nitrogens is 2. The molecule has 0 saturated heterocycles. The quantitative estimate of drug-likeness (QED) is 0.501. The molecule has 0 unspecified atom stereocenters. The number of carbonyl (C=O) groups is 1. The predicted octanol–water partition coefficient (Wildman–Crippen LogP) is 4.49. The highest BCUT2D eigenvalue weighted by atomic mass is 35.5. The van der Waals surface area contributed by atoms with Crippen LogP contribution in [0.3, 0.4) is 0 Å². The van der Waals surface area contributed by atoms with Gasteiger partial charge in [0, 0.05) is 6.04 Å². The third-order valence-electron chi connectivity index (χ3n) is 4.48. The molecule has 1 atom stereocenters. The van der Waals surface area contributed by atoms with Crippen molar-refractivity contribution < 1.29 is 13.2 Å². The van der Waals surface area contributed by atoms with Crippen molar-refractivity contribution in [1.29, 1.82) is 0 Å². The molecule has 1 heterocycles. The molecule has 1 amide bonds. The van der Waals surface area contributed by atoms with Gasteiger partial charge in [-0.25, -0.2) is 13.1 Å². The second-order valence-corrected chi connectivity index (χ2v) is 10.0. The van der Waals surface area contributed by atoms with Crippen LogP contribution in [0.5, 0.6) is 0 Å². The molecule has 3 rings (SSSR count). The van der Waals surface area contributed by atoms with E-state index >= 15 is 0 Å². The number of hydrogen-bond acceptors (Lipinski definition) is 6. The molecular formula is C20H21ClN4O3S2. The Bertz CT molecular complexity index is 1180. The van der Waals surface area contributed by atoms with Crippen LogP contribution in [0.4, 0.5) is 5.13 Å². The van der Waals surface area contributed by atoms with E-state index in [1.165, 1.54) is 0 Å². The predicted molar refractivity (Wildman–Crippen MR) is 119 cm³/mol. The lowest BCUT2D eigenvalue weighted by atomic mass is 9.98. The maximum absolute atomic E-state index is 12.8. The second-order valence-electron chi connectivity index (χ2n) is 6.75. The maximum atomic E-state index is 12.8. The van der Waals surface area contributed by atoms with Crippen LogP contribution in [-0.2, 0) is 10.0 Å². The van der Waals surface area contributed by atoms with Gasteiger partial charge in [-0.2, -0.15) is 0 Å². The molecule has 0 radical (unpaired) electrons. The number of carbonyl (C=O) groups excluding carboxylic acids is 1. The molecule has 3 aromatic rings. The van der Waals surface area contributed by atoms with Crippen LogP contribution in [0.2, 0.25) is 5.02 Å². The van der Waals surface area contributed by atoms with Gasteiger partial charge >= 0.3 is 0 Å². The minimum atomic E-state index is -3.92. The number of nitrogens with one attached hydrogen (secondary N) is 2. The summed E-state index contributed by atoms with van der Waals surface area (Å²) in [7, 11) is -3.92. The van der Waals surface area contributed by atoms with Crippen molar-refractivity contribution >= 4 is 44.0 Å². The summed E-state index contributed by atoms with van der Waals surface area (Å²) in [6.07, 6.45) is 0.567. The lowest BCUT2D eigenvalue weighted by molar-refractivity contribution is 0.102. The van der Waals surface area contributed by atoms with E-state index in [-0.39, 0.29) is 20.1 Å². The lowest BCUT2D eigenvalue weighted by Crippen LogP contribution is -2.28. The minimum Gasteiger partial charge on any atom is -0.296 e. The van der Waals surface area contributed by atoms with Crippen molar-refractivity contribution in [3.8, 4) is 0 Å². The van der Waals surface area contributed by atoms with E-state index in [2.05, 4.69) is 20.2 Å². The zero-order valence-corrected chi connectivity index (χ0v) is 19.0. The summed E-state index contributed by atoms with van der Waals surface area (Å²) in [5, 5.41) is 10.4. The molecule has 30 heavy (non-hydrogen) atoms. The van der Waals surface area contributed by atoms with Gasteiger partial charge in [0.1, 0.15) is 0 Å². The zero-order chi connectivity index (χ0) is 21.9. The van der Waals surface area contributed by atoms with Crippen LogP contribution in [0, 0.1) is 13.8 Å². The molecule has 0 aliphatic heterocycles. The molecule has 2 N–H and O–H groups in total. The fraction of sp³-hybridized carbons (Fsp3) is 0.250. The molecular weight excluding hydrogens is 444 g/mol. The van der Waals surface area contributed by atoms with Crippen LogP contribution in [0.15, 0.2) is 46.8 Å². The molecule has 1 aromatic heterocycles. The van der Waals surface area contributed by atoms with E-state index in [1.54, 1.807) is 24.3 Å². The number of nitrogens with zero attached hydrogens (tertiary/aromatic N) is 2. The van der Waals surface area contributed by atoms with Crippen molar-refractivity contribution in [2.24, 2.45) is 0 Å². The monoisotopic (exact) mass is 464 g/mol. The number of amides is 1. The maximum Gasteiger partial charge on any atom is 0.270 e. The van der Waals surface area contributed by atoms with E-state index in [4.69, 9.17) is 11.6 Å². The number of rotatable bonds is 7.